The molecule has 1 aromatic carbocycles. The van der Waals surface area contributed by atoms with Crippen molar-refractivity contribution in [2.45, 2.75) is 117 Å². The van der Waals surface area contributed by atoms with Gasteiger partial charge in [0.25, 0.3) is 5.91 Å². The van der Waals surface area contributed by atoms with Crippen LogP contribution in [0.4, 0.5) is 0 Å². The molecule has 0 spiro atoms. The lowest BCUT2D eigenvalue weighted by molar-refractivity contribution is -0.149. The first-order chi connectivity index (χ1) is 23.7. The van der Waals surface area contributed by atoms with Gasteiger partial charge in [-0.15, -0.1) is 11.3 Å². The minimum Gasteiger partial charge on any atom is -0.481 e. The molecule has 7 atom stereocenters. The number of nitrogens with zero attached hydrogens (tertiary/aromatic N) is 2. The molecule has 1 aliphatic heterocycles. The third-order valence-electron chi connectivity index (χ3n) is 9.90. The number of ether oxygens (including phenoxy) is 1. The van der Waals surface area contributed by atoms with Crippen LogP contribution in [-0.2, 0) is 30.3 Å². The molecule has 0 radical (unpaired) electrons. The van der Waals surface area contributed by atoms with Crippen molar-refractivity contribution in [1.82, 2.24) is 20.5 Å². The third kappa shape index (κ3) is 12.0. The average molecular weight is 713 g/mol. The van der Waals surface area contributed by atoms with Crippen LogP contribution >= 0.6 is 11.3 Å². The molecule has 1 unspecified atom stereocenters. The van der Waals surface area contributed by atoms with Crippen LogP contribution in [0.2, 0.25) is 0 Å². The first-order valence-corrected chi connectivity index (χ1v) is 18.8. The SMILES string of the molecule is CC[C@H](C)[C@H](CC(=O)[C@H]1CCCCN1)C(=O)N(C)[C@H](C[C@@H](OC(C)=O)c1nc(C(=O)NC(Cc2ccccc2)C[C@H](C)C(=O)O)cs1)C(C)C. The highest BCUT2D eigenvalue weighted by Crippen LogP contribution is 2.32. The Morgan fingerprint density at radius 1 is 1.08 bits per heavy atom. The normalized spacial score (nSPS) is 18.3. The average Bonchev–Trinajstić information content (AvgIpc) is 3.59. The second kappa shape index (κ2) is 19.7. The maximum atomic E-state index is 14.1. The quantitative estimate of drug-likeness (QED) is 0.153. The molecule has 2 heterocycles. The molecule has 0 aliphatic carbocycles. The molecule has 1 aromatic heterocycles. The number of aliphatic carboxylic acids is 1. The first kappa shape index (κ1) is 40.8. The van der Waals surface area contributed by atoms with Gasteiger partial charge in [0.2, 0.25) is 5.91 Å². The lowest BCUT2D eigenvalue weighted by Crippen LogP contribution is -2.48. The maximum Gasteiger partial charge on any atom is 0.306 e. The summed E-state index contributed by atoms with van der Waals surface area (Å²) in [5.74, 6) is -3.10. The number of carboxylic acid groups (broad SMARTS) is 1. The van der Waals surface area contributed by atoms with Crippen LogP contribution in [0.3, 0.4) is 0 Å². The summed E-state index contributed by atoms with van der Waals surface area (Å²) in [4.78, 5) is 71.1. The molecule has 3 rings (SSSR count). The number of nitrogens with one attached hydrogen (secondary N) is 2. The molecule has 1 saturated heterocycles. The van der Waals surface area contributed by atoms with Gasteiger partial charge in [0.15, 0.2) is 11.9 Å². The summed E-state index contributed by atoms with van der Waals surface area (Å²) in [6.45, 7) is 11.8. The van der Waals surface area contributed by atoms with E-state index in [4.69, 9.17) is 4.74 Å². The molecular formula is C38H56N4O7S. The van der Waals surface area contributed by atoms with Crippen molar-refractivity contribution in [3.63, 3.8) is 0 Å². The summed E-state index contributed by atoms with van der Waals surface area (Å²) in [6, 6.07) is 8.53. The molecule has 1 fully saturated rings. The van der Waals surface area contributed by atoms with Crippen LogP contribution in [-0.4, -0.2) is 76.2 Å². The van der Waals surface area contributed by atoms with Crippen LogP contribution in [0.5, 0.6) is 0 Å². The summed E-state index contributed by atoms with van der Waals surface area (Å²) in [5.41, 5.74) is 1.11. The number of amides is 2. The molecule has 2 amide bonds. The molecule has 50 heavy (non-hydrogen) atoms. The number of Topliss-reactive ketones (excluding diaryl/α,β-unsaturated/α-hetero) is 1. The number of thiazole rings is 1. The van der Waals surface area contributed by atoms with E-state index in [0.717, 1.165) is 37.8 Å². The Labute approximate surface area is 301 Å². The number of carbonyl (C=O) groups excluding carboxylic acids is 4. The van der Waals surface area contributed by atoms with Crippen molar-refractivity contribution >= 4 is 40.9 Å². The van der Waals surface area contributed by atoms with Gasteiger partial charge < -0.3 is 25.4 Å². The molecule has 2 aromatic rings. The van der Waals surface area contributed by atoms with Gasteiger partial charge in [-0.2, -0.15) is 0 Å². The molecule has 11 nitrogen and oxygen atoms in total. The van der Waals surface area contributed by atoms with Gasteiger partial charge in [-0.05, 0) is 49.6 Å². The van der Waals surface area contributed by atoms with E-state index in [1.165, 1.54) is 18.3 Å². The topological polar surface area (TPSA) is 155 Å². The lowest BCUT2D eigenvalue weighted by Gasteiger charge is -2.37. The Hall–Kier alpha value is -3.64. The number of rotatable bonds is 19. The Balaban J connectivity index is 1.80. The summed E-state index contributed by atoms with van der Waals surface area (Å²) < 4.78 is 5.76. The lowest BCUT2D eigenvalue weighted by atomic mass is 9.83. The number of carboxylic acids is 1. The number of benzene rings is 1. The summed E-state index contributed by atoms with van der Waals surface area (Å²) in [7, 11) is 1.75. The van der Waals surface area contributed by atoms with E-state index in [-0.39, 0.29) is 60.6 Å². The molecule has 0 bridgehead atoms. The van der Waals surface area contributed by atoms with Crippen molar-refractivity contribution in [3.05, 3.63) is 52.0 Å². The van der Waals surface area contributed by atoms with Crippen molar-refractivity contribution in [1.29, 1.82) is 0 Å². The van der Waals surface area contributed by atoms with Gasteiger partial charge in [0, 0.05) is 50.2 Å². The van der Waals surface area contributed by atoms with E-state index >= 15 is 0 Å². The second-order valence-electron chi connectivity index (χ2n) is 14.2. The van der Waals surface area contributed by atoms with Crippen LogP contribution in [0.15, 0.2) is 35.7 Å². The van der Waals surface area contributed by atoms with Crippen LogP contribution in [0.1, 0.15) is 114 Å². The number of aromatic nitrogens is 1. The zero-order valence-corrected chi connectivity index (χ0v) is 31.5. The molecule has 1 aliphatic rings. The fourth-order valence-corrected chi connectivity index (χ4v) is 7.48. The van der Waals surface area contributed by atoms with E-state index in [2.05, 4.69) is 15.6 Å². The smallest absolute Gasteiger partial charge is 0.306 e. The van der Waals surface area contributed by atoms with Crippen molar-refractivity contribution < 1.29 is 33.8 Å². The second-order valence-corrected chi connectivity index (χ2v) is 15.1. The zero-order chi connectivity index (χ0) is 37.0. The highest BCUT2D eigenvalue weighted by atomic mass is 32.1. The van der Waals surface area contributed by atoms with Crippen molar-refractivity contribution in [3.8, 4) is 0 Å². The highest BCUT2D eigenvalue weighted by Gasteiger charge is 2.37. The Kier molecular flexibility index (Phi) is 16.0. The monoisotopic (exact) mass is 712 g/mol. The van der Waals surface area contributed by atoms with E-state index < -0.39 is 41.8 Å². The molecule has 276 valence electrons. The number of esters is 1. The molecule has 0 saturated carbocycles. The maximum absolute atomic E-state index is 14.1. The van der Waals surface area contributed by atoms with Crippen molar-refractivity contribution in [2.75, 3.05) is 13.6 Å². The molecule has 3 N–H and O–H groups in total. The highest BCUT2D eigenvalue weighted by molar-refractivity contribution is 7.09. The van der Waals surface area contributed by atoms with E-state index in [9.17, 15) is 29.1 Å². The number of hydrogen-bond donors (Lipinski definition) is 3. The van der Waals surface area contributed by atoms with Crippen molar-refractivity contribution in [2.24, 2.45) is 23.7 Å². The molecular weight excluding hydrogens is 657 g/mol. The van der Waals surface area contributed by atoms with Gasteiger partial charge in [0.05, 0.1) is 12.0 Å². The Bertz CT molecular complexity index is 1430. The van der Waals surface area contributed by atoms with Gasteiger partial charge in [0.1, 0.15) is 10.7 Å². The minimum atomic E-state index is -0.941. The van der Waals surface area contributed by atoms with Crippen LogP contribution in [0, 0.1) is 23.7 Å². The zero-order valence-electron chi connectivity index (χ0n) is 30.6. The minimum absolute atomic E-state index is 0.00111. The summed E-state index contributed by atoms with van der Waals surface area (Å²) in [6.07, 6.45) is 3.89. The van der Waals surface area contributed by atoms with Gasteiger partial charge >= 0.3 is 11.9 Å². The number of hydrogen-bond acceptors (Lipinski definition) is 9. The van der Waals surface area contributed by atoms with Crippen LogP contribution in [0.25, 0.3) is 0 Å². The predicted molar refractivity (Wildman–Crippen MR) is 194 cm³/mol. The third-order valence-corrected chi connectivity index (χ3v) is 10.8. The van der Waals surface area contributed by atoms with E-state index in [1.54, 1.807) is 24.3 Å². The number of piperidine rings is 1. The predicted octanol–water partition coefficient (Wildman–Crippen LogP) is 5.84. The summed E-state index contributed by atoms with van der Waals surface area (Å²) >= 11 is 1.19. The fourth-order valence-electron chi connectivity index (χ4n) is 6.64. The van der Waals surface area contributed by atoms with E-state index in [0.29, 0.717) is 11.4 Å². The Morgan fingerprint density at radius 2 is 1.78 bits per heavy atom. The van der Waals surface area contributed by atoms with Gasteiger partial charge in [-0.25, -0.2) is 4.98 Å². The first-order valence-electron chi connectivity index (χ1n) is 17.9. The number of ketones is 1. The van der Waals surface area contributed by atoms with E-state index in [1.807, 2.05) is 58.0 Å². The standard InChI is InChI=1S/C38H56N4O7S/c1-8-24(4)29(20-33(44)30-16-12-13-17-39-30)37(46)42(7)32(23(2)3)21-34(49-26(6)43)36-41-31(22-50-36)35(45)40-28(18-25(5)38(47)48)19-27-14-10-9-11-15-27/h9-11,14-15,22-25,28-30,32,34,39H,8,12-13,16-21H2,1-7H3,(H,40,45)(H,47,48)/t24-,25-,28?,29-,30+,32+,34+/m0/s1. The summed E-state index contributed by atoms with van der Waals surface area (Å²) in [5, 5.41) is 17.8. The fraction of sp³-hybridized carbons (Fsp3) is 0.632. The van der Waals surface area contributed by atoms with Crippen LogP contribution < -0.4 is 10.6 Å². The molecule has 12 heteroatoms. The number of carbonyl (C=O) groups is 5. The largest absolute Gasteiger partial charge is 0.481 e. The van der Waals surface area contributed by atoms with Gasteiger partial charge in [-0.1, -0.05) is 77.8 Å². The van der Waals surface area contributed by atoms with Gasteiger partial charge in [-0.3, -0.25) is 24.0 Å². The Morgan fingerprint density at radius 3 is 2.36 bits per heavy atom.